The maximum Gasteiger partial charge on any atom is 0.253 e. The molecule has 0 atom stereocenters. The molecule has 0 aliphatic rings. The van der Waals surface area contributed by atoms with Gasteiger partial charge in [0.2, 0.25) is 5.95 Å². The van der Waals surface area contributed by atoms with Crippen LogP contribution in [-0.2, 0) is 6.54 Å². The lowest BCUT2D eigenvalue weighted by molar-refractivity contribution is 0.0950. The van der Waals surface area contributed by atoms with Crippen molar-refractivity contribution in [3.63, 3.8) is 0 Å². The Morgan fingerprint density at radius 1 is 1.44 bits per heavy atom. The van der Waals surface area contributed by atoms with Crippen LogP contribution in [0.2, 0.25) is 0 Å². The first-order valence-corrected chi connectivity index (χ1v) is 4.66. The smallest absolute Gasteiger partial charge is 0.253 e. The molecule has 0 unspecified atom stereocenters. The van der Waals surface area contributed by atoms with Crippen molar-refractivity contribution in [1.82, 2.24) is 10.3 Å². The van der Waals surface area contributed by atoms with Crippen LogP contribution in [0.15, 0.2) is 41.3 Å². The van der Waals surface area contributed by atoms with Crippen molar-refractivity contribution >= 4 is 5.91 Å². The van der Waals surface area contributed by atoms with Crippen LogP contribution in [0.25, 0.3) is 0 Å². The normalized spacial score (nSPS) is 10.1. The van der Waals surface area contributed by atoms with Gasteiger partial charge in [-0.2, -0.15) is 4.39 Å². The minimum atomic E-state index is -0.605. The summed E-state index contributed by atoms with van der Waals surface area (Å²) < 4.78 is 17.4. The molecule has 0 saturated carbocycles. The number of carbonyl (C=O) groups is 1. The second-order valence-corrected chi connectivity index (χ2v) is 3.18. The Morgan fingerprint density at radius 3 is 2.94 bits per heavy atom. The number of pyridine rings is 1. The fourth-order valence-electron chi connectivity index (χ4n) is 1.19. The number of nitrogens with zero attached hydrogens (tertiary/aromatic N) is 1. The fourth-order valence-corrected chi connectivity index (χ4v) is 1.19. The number of furan rings is 1. The van der Waals surface area contributed by atoms with Gasteiger partial charge in [0.1, 0.15) is 0 Å². The Morgan fingerprint density at radius 2 is 2.31 bits per heavy atom. The van der Waals surface area contributed by atoms with Crippen LogP contribution in [0.5, 0.6) is 0 Å². The lowest BCUT2D eigenvalue weighted by atomic mass is 10.2. The van der Waals surface area contributed by atoms with Gasteiger partial charge in [-0.3, -0.25) is 4.79 Å². The molecule has 0 aliphatic carbocycles. The summed E-state index contributed by atoms with van der Waals surface area (Å²) in [4.78, 5) is 14.9. The summed E-state index contributed by atoms with van der Waals surface area (Å²) in [6, 6.07) is 4.28. The molecule has 0 saturated heterocycles. The van der Waals surface area contributed by atoms with Crippen LogP contribution in [0, 0.1) is 5.95 Å². The second-order valence-electron chi connectivity index (χ2n) is 3.18. The fraction of sp³-hybridized carbons (Fsp3) is 0.0909. The van der Waals surface area contributed by atoms with E-state index in [0.29, 0.717) is 12.1 Å². The van der Waals surface area contributed by atoms with Crippen molar-refractivity contribution in [3.05, 3.63) is 54.0 Å². The first kappa shape index (κ1) is 10.4. The third kappa shape index (κ3) is 2.44. The number of nitrogens with one attached hydrogen (secondary N) is 1. The average molecular weight is 220 g/mol. The minimum absolute atomic E-state index is 0.297. The third-order valence-corrected chi connectivity index (χ3v) is 2.02. The van der Waals surface area contributed by atoms with E-state index in [1.807, 2.05) is 0 Å². The van der Waals surface area contributed by atoms with Gasteiger partial charge in [0, 0.05) is 18.3 Å². The molecule has 16 heavy (non-hydrogen) atoms. The molecule has 2 aromatic heterocycles. The molecule has 2 heterocycles. The van der Waals surface area contributed by atoms with Crippen LogP contribution < -0.4 is 5.32 Å². The van der Waals surface area contributed by atoms with E-state index in [9.17, 15) is 9.18 Å². The molecule has 0 fully saturated rings. The monoisotopic (exact) mass is 220 g/mol. The van der Waals surface area contributed by atoms with E-state index in [1.54, 1.807) is 12.3 Å². The number of hydrogen-bond donors (Lipinski definition) is 1. The van der Waals surface area contributed by atoms with E-state index in [2.05, 4.69) is 10.3 Å². The van der Waals surface area contributed by atoms with Crippen LogP contribution in [0.1, 0.15) is 15.9 Å². The van der Waals surface area contributed by atoms with Gasteiger partial charge in [-0.1, -0.05) is 0 Å². The Balaban J connectivity index is 1.95. The molecule has 5 heteroatoms. The van der Waals surface area contributed by atoms with Crippen LogP contribution in [0.4, 0.5) is 4.39 Å². The van der Waals surface area contributed by atoms with Gasteiger partial charge < -0.3 is 9.73 Å². The molecule has 82 valence electrons. The number of amides is 1. The Kier molecular flexibility index (Phi) is 2.95. The van der Waals surface area contributed by atoms with Crippen molar-refractivity contribution in [2.24, 2.45) is 0 Å². The van der Waals surface area contributed by atoms with E-state index < -0.39 is 5.95 Å². The van der Waals surface area contributed by atoms with Crippen molar-refractivity contribution in [2.45, 2.75) is 6.54 Å². The summed E-state index contributed by atoms with van der Waals surface area (Å²) in [5, 5.41) is 2.66. The highest BCUT2D eigenvalue weighted by Gasteiger charge is 2.05. The topological polar surface area (TPSA) is 55.1 Å². The maximum atomic E-state index is 12.5. The van der Waals surface area contributed by atoms with Gasteiger partial charge in [0.05, 0.1) is 18.1 Å². The van der Waals surface area contributed by atoms with Crippen molar-refractivity contribution in [1.29, 1.82) is 0 Å². The van der Waals surface area contributed by atoms with Gasteiger partial charge in [-0.15, -0.1) is 0 Å². The van der Waals surface area contributed by atoms with Crippen LogP contribution in [0.3, 0.4) is 0 Å². The molecule has 0 radical (unpaired) electrons. The van der Waals surface area contributed by atoms with Crippen molar-refractivity contribution in [3.8, 4) is 0 Å². The second kappa shape index (κ2) is 4.57. The zero-order valence-electron chi connectivity index (χ0n) is 8.31. The SMILES string of the molecule is O=C(NCc1ccoc1)c1ccc(F)nc1. The predicted molar refractivity (Wildman–Crippen MR) is 54.1 cm³/mol. The van der Waals surface area contributed by atoms with E-state index in [0.717, 1.165) is 11.6 Å². The van der Waals surface area contributed by atoms with Crippen molar-refractivity contribution in [2.75, 3.05) is 0 Å². The first-order chi connectivity index (χ1) is 7.75. The molecular weight excluding hydrogens is 211 g/mol. The number of halogens is 1. The summed E-state index contributed by atoms with van der Waals surface area (Å²) in [5.41, 5.74) is 1.19. The number of aromatic nitrogens is 1. The molecule has 0 aliphatic heterocycles. The molecule has 1 amide bonds. The standard InChI is InChI=1S/C11H9FN2O2/c12-10-2-1-9(6-13-10)11(15)14-5-8-3-4-16-7-8/h1-4,6-7H,5H2,(H,14,15). The van der Waals surface area contributed by atoms with E-state index in [4.69, 9.17) is 4.42 Å². The highest BCUT2D eigenvalue weighted by atomic mass is 19.1. The predicted octanol–water partition coefficient (Wildman–Crippen LogP) is 1.74. The number of rotatable bonds is 3. The van der Waals surface area contributed by atoms with Gasteiger partial charge in [-0.25, -0.2) is 4.98 Å². The van der Waals surface area contributed by atoms with Gasteiger partial charge in [-0.05, 0) is 18.2 Å². The van der Waals surface area contributed by atoms with Crippen molar-refractivity contribution < 1.29 is 13.6 Å². The maximum absolute atomic E-state index is 12.5. The molecule has 2 rings (SSSR count). The molecular formula is C11H9FN2O2. The number of carbonyl (C=O) groups excluding carboxylic acids is 1. The molecule has 1 N–H and O–H groups in total. The molecule has 0 bridgehead atoms. The Labute approximate surface area is 91.1 Å². The van der Waals surface area contributed by atoms with Gasteiger partial charge in [0.15, 0.2) is 0 Å². The number of hydrogen-bond acceptors (Lipinski definition) is 3. The summed E-state index contributed by atoms with van der Waals surface area (Å²) in [6.45, 7) is 0.368. The highest BCUT2D eigenvalue weighted by molar-refractivity contribution is 5.93. The highest BCUT2D eigenvalue weighted by Crippen LogP contribution is 2.02. The zero-order chi connectivity index (χ0) is 11.4. The summed E-state index contributed by atoms with van der Waals surface area (Å²) >= 11 is 0. The summed E-state index contributed by atoms with van der Waals surface area (Å²) in [5.74, 6) is -0.903. The average Bonchev–Trinajstić information content (AvgIpc) is 2.80. The minimum Gasteiger partial charge on any atom is -0.472 e. The first-order valence-electron chi connectivity index (χ1n) is 4.66. The summed E-state index contributed by atoms with van der Waals surface area (Å²) in [7, 11) is 0. The zero-order valence-corrected chi connectivity index (χ0v) is 8.31. The Hall–Kier alpha value is -2.17. The van der Waals surface area contributed by atoms with Crippen LogP contribution >= 0.6 is 0 Å². The van der Waals surface area contributed by atoms with E-state index in [1.165, 1.54) is 18.5 Å². The molecule has 0 aromatic carbocycles. The largest absolute Gasteiger partial charge is 0.472 e. The lowest BCUT2D eigenvalue weighted by Gasteiger charge is -2.02. The lowest BCUT2D eigenvalue weighted by Crippen LogP contribution is -2.22. The van der Waals surface area contributed by atoms with Gasteiger partial charge in [0.25, 0.3) is 5.91 Å². The van der Waals surface area contributed by atoms with E-state index in [-0.39, 0.29) is 5.91 Å². The molecule has 4 nitrogen and oxygen atoms in total. The Bertz CT molecular complexity index is 465. The quantitative estimate of drug-likeness (QED) is 0.801. The van der Waals surface area contributed by atoms with Gasteiger partial charge >= 0.3 is 0 Å². The van der Waals surface area contributed by atoms with Crippen LogP contribution in [-0.4, -0.2) is 10.9 Å². The third-order valence-electron chi connectivity index (χ3n) is 2.02. The summed E-state index contributed by atoms with van der Waals surface area (Å²) in [6.07, 6.45) is 4.27. The molecule has 0 spiro atoms. The molecule has 2 aromatic rings. The van der Waals surface area contributed by atoms with E-state index >= 15 is 0 Å².